The number of benzene rings is 2. The number of carbonyl (C=O) groups excluding carboxylic acids is 1. The predicted octanol–water partition coefficient (Wildman–Crippen LogP) is 3.27. The van der Waals surface area contributed by atoms with Crippen LogP contribution in [0, 0.1) is 20.8 Å². The molecule has 1 saturated heterocycles. The van der Waals surface area contributed by atoms with Crippen molar-refractivity contribution in [3.05, 3.63) is 64.7 Å². The molecule has 2 unspecified atom stereocenters. The summed E-state index contributed by atoms with van der Waals surface area (Å²) in [6, 6.07) is 13.5. The van der Waals surface area contributed by atoms with Crippen molar-refractivity contribution in [2.75, 3.05) is 19.6 Å². The molecule has 0 aliphatic carbocycles. The van der Waals surface area contributed by atoms with Gasteiger partial charge in [-0.25, -0.2) is 13.1 Å². The summed E-state index contributed by atoms with van der Waals surface area (Å²) >= 11 is 0. The first-order valence-corrected chi connectivity index (χ1v) is 11.7. The minimum atomic E-state index is -3.67. The molecule has 0 aromatic heterocycles. The fraction of sp³-hybridized carbons (Fsp3) is 0.435. The Labute approximate surface area is 179 Å². The van der Waals surface area contributed by atoms with Gasteiger partial charge in [0, 0.05) is 19.5 Å². The van der Waals surface area contributed by atoms with E-state index >= 15 is 0 Å². The molecule has 2 aromatic carbocycles. The molecule has 2 atom stereocenters. The van der Waals surface area contributed by atoms with Gasteiger partial charge < -0.3 is 9.64 Å². The number of hydrogen-bond donors (Lipinski definition) is 1. The highest BCUT2D eigenvalue weighted by atomic mass is 32.2. The van der Waals surface area contributed by atoms with Crippen molar-refractivity contribution in [3.8, 4) is 0 Å². The Morgan fingerprint density at radius 3 is 2.37 bits per heavy atom. The Hall–Kier alpha value is -2.22. The summed E-state index contributed by atoms with van der Waals surface area (Å²) in [6.45, 7) is 8.50. The minimum Gasteiger partial charge on any atom is -0.367 e. The molecule has 0 spiro atoms. The molecular formula is C23H30N2O4S. The molecule has 1 heterocycles. The first-order valence-electron chi connectivity index (χ1n) is 10.2. The fourth-order valence-electron chi connectivity index (χ4n) is 4.12. The van der Waals surface area contributed by atoms with Crippen LogP contribution in [0.1, 0.15) is 41.7 Å². The van der Waals surface area contributed by atoms with Crippen LogP contribution in [-0.4, -0.2) is 45.0 Å². The zero-order chi connectivity index (χ0) is 21.9. The molecule has 0 bridgehead atoms. The molecule has 7 heteroatoms. The highest BCUT2D eigenvalue weighted by Gasteiger charge is 2.29. The number of aryl methyl sites for hydroxylation is 3. The van der Waals surface area contributed by atoms with Crippen molar-refractivity contribution in [3.63, 3.8) is 0 Å². The predicted molar refractivity (Wildman–Crippen MR) is 117 cm³/mol. The molecule has 1 aliphatic rings. The van der Waals surface area contributed by atoms with E-state index in [1.165, 1.54) is 0 Å². The third-order valence-corrected chi connectivity index (χ3v) is 7.05. The second-order valence-electron chi connectivity index (χ2n) is 8.02. The lowest BCUT2D eigenvalue weighted by atomic mass is 10.1. The summed E-state index contributed by atoms with van der Waals surface area (Å²) in [7, 11) is -3.67. The Kier molecular flexibility index (Phi) is 6.95. The third-order valence-electron chi connectivity index (χ3n) is 5.29. The van der Waals surface area contributed by atoms with Crippen LogP contribution in [0.2, 0.25) is 0 Å². The number of nitrogens with zero attached hydrogens (tertiary/aromatic N) is 1. The van der Waals surface area contributed by atoms with Crippen LogP contribution in [0.3, 0.4) is 0 Å². The van der Waals surface area contributed by atoms with E-state index in [-0.39, 0.29) is 31.1 Å². The highest BCUT2D eigenvalue weighted by molar-refractivity contribution is 7.89. The molecule has 1 aliphatic heterocycles. The molecule has 30 heavy (non-hydrogen) atoms. The molecule has 6 nitrogen and oxygen atoms in total. The first-order chi connectivity index (χ1) is 14.2. The zero-order valence-electron chi connectivity index (χ0n) is 18.0. The molecule has 162 valence electrons. The maximum atomic E-state index is 12.8. The van der Waals surface area contributed by atoms with Gasteiger partial charge in [-0.05, 0) is 44.4 Å². The Morgan fingerprint density at radius 2 is 1.73 bits per heavy atom. The smallest absolute Gasteiger partial charge is 0.241 e. The molecule has 2 aromatic rings. The Bertz CT molecular complexity index is 982. The molecular weight excluding hydrogens is 400 g/mol. The SMILES string of the molecule is Cc1cc(C)c(S(=O)(=O)NCCC(=O)N2CC(C)OC(c3ccccc3)C2)c(C)c1. The number of nitrogens with one attached hydrogen (secondary N) is 1. The van der Waals surface area contributed by atoms with Crippen LogP contribution in [0.15, 0.2) is 47.4 Å². The molecule has 1 N–H and O–H groups in total. The van der Waals surface area contributed by atoms with E-state index in [9.17, 15) is 13.2 Å². The summed E-state index contributed by atoms with van der Waals surface area (Å²) in [5.41, 5.74) is 3.47. The second-order valence-corrected chi connectivity index (χ2v) is 9.72. The molecule has 1 amide bonds. The quantitative estimate of drug-likeness (QED) is 0.763. The first kappa shape index (κ1) is 22.5. The topological polar surface area (TPSA) is 75.7 Å². The lowest BCUT2D eigenvalue weighted by Gasteiger charge is -2.37. The number of carbonyl (C=O) groups is 1. The standard InChI is InChI=1S/C23H30N2O4S/c1-16-12-17(2)23(18(3)13-16)30(27,28)24-11-10-22(26)25-14-19(4)29-21(15-25)20-8-6-5-7-9-20/h5-9,12-13,19,21,24H,10-11,14-15H2,1-4H3. The van der Waals surface area contributed by atoms with E-state index in [2.05, 4.69) is 4.72 Å². The van der Waals surface area contributed by atoms with Gasteiger partial charge in [-0.3, -0.25) is 4.79 Å². The largest absolute Gasteiger partial charge is 0.367 e. The number of amides is 1. The number of ether oxygens (including phenoxy) is 1. The maximum absolute atomic E-state index is 12.8. The Balaban J connectivity index is 1.61. The van der Waals surface area contributed by atoms with Gasteiger partial charge in [0.05, 0.1) is 17.5 Å². The van der Waals surface area contributed by atoms with E-state index in [0.717, 1.165) is 11.1 Å². The van der Waals surface area contributed by atoms with E-state index in [4.69, 9.17) is 4.74 Å². The van der Waals surface area contributed by atoms with Gasteiger partial charge in [0.15, 0.2) is 0 Å². The van der Waals surface area contributed by atoms with Gasteiger partial charge >= 0.3 is 0 Å². The van der Waals surface area contributed by atoms with Gasteiger partial charge in [0.25, 0.3) is 0 Å². The lowest BCUT2D eigenvalue weighted by Crippen LogP contribution is -2.46. The summed E-state index contributed by atoms with van der Waals surface area (Å²) in [4.78, 5) is 14.8. The van der Waals surface area contributed by atoms with Crippen molar-refractivity contribution >= 4 is 15.9 Å². The van der Waals surface area contributed by atoms with Crippen molar-refractivity contribution in [2.45, 2.75) is 51.2 Å². The third kappa shape index (κ3) is 5.28. The lowest BCUT2D eigenvalue weighted by molar-refractivity contribution is -0.144. The van der Waals surface area contributed by atoms with Crippen molar-refractivity contribution in [1.29, 1.82) is 0 Å². The average Bonchev–Trinajstić information content (AvgIpc) is 2.67. The van der Waals surface area contributed by atoms with Crippen molar-refractivity contribution in [1.82, 2.24) is 9.62 Å². The molecule has 0 radical (unpaired) electrons. The fourth-order valence-corrected chi connectivity index (χ4v) is 5.60. The maximum Gasteiger partial charge on any atom is 0.241 e. The normalized spacial score (nSPS) is 19.7. The molecule has 3 rings (SSSR count). The van der Waals surface area contributed by atoms with Crippen LogP contribution in [-0.2, 0) is 19.6 Å². The van der Waals surface area contributed by atoms with E-state index in [1.807, 2.05) is 56.3 Å². The average molecular weight is 431 g/mol. The minimum absolute atomic E-state index is 0.0651. The van der Waals surface area contributed by atoms with Crippen LogP contribution in [0.25, 0.3) is 0 Å². The van der Waals surface area contributed by atoms with Crippen LogP contribution in [0.5, 0.6) is 0 Å². The van der Waals surface area contributed by atoms with Crippen molar-refractivity contribution in [2.24, 2.45) is 0 Å². The van der Waals surface area contributed by atoms with E-state index in [1.54, 1.807) is 18.7 Å². The Morgan fingerprint density at radius 1 is 1.10 bits per heavy atom. The number of sulfonamides is 1. The van der Waals surface area contributed by atoms with Gasteiger partial charge in [-0.1, -0.05) is 48.0 Å². The van der Waals surface area contributed by atoms with Gasteiger partial charge in [-0.15, -0.1) is 0 Å². The number of hydrogen-bond acceptors (Lipinski definition) is 4. The van der Waals surface area contributed by atoms with Crippen LogP contribution in [0.4, 0.5) is 0 Å². The van der Waals surface area contributed by atoms with Crippen molar-refractivity contribution < 1.29 is 17.9 Å². The van der Waals surface area contributed by atoms with Crippen LogP contribution >= 0.6 is 0 Å². The monoisotopic (exact) mass is 430 g/mol. The van der Waals surface area contributed by atoms with Crippen LogP contribution < -0.4 is 4.72 Å². The summed E-state index contributed by atoms with van der Waals surface area (Å²) in [5.74, 6) is -0.0777. The summed E-state index contributed by atoms with van der Waals surface area (Å²) in [6.07, 6.45) is -0.145. The van der Waals surface area contributed by atoms with Gasteiger partial charge in [0.2, 0.25) is 15.9 Å². The van der Waals surface area contributed by atoms with Gasteiger partial charge in [0.1, 0.15) is 6.10 Å². The number of morpholine rings is 1. The van der Waals surface area contributed by atoms with Gasteiger partial charge in [-0.2, -0.15) is 0 Å². The molecule has 0 saturated carbocycles. The van der Waals surface area contributed by atoms with E-state index < -0.39 is 10.0 Å². The number of rotatable bonds is 6. The van der Waals surface area contributed by atoms with E-state index in [0.29, 0.717) is 29.1 Å². The highest BCUT2D eigenvalue weighted by Crippen LogP contribution is 2.25. The second kappa shape index (κ2) is 9.29. The summed E-state index contributed by atoms with van der Waals surface area (Å²) in [5, 5.41) is 0. The molecule has 1 fully saturated rings. The summed E-state index contributed by atoms with van der Waals surface area (Å²) < 4.78 is 34.1. The zero-order valence-corrected chi connectivity index (χ0v) is 18.8.